The third-order valence-electron chi connectivity index (χ3n) is 3.62. The molecule has 1 unspecified atom stereocenters. The smallest absolute Gasteiger partial charge is 0.129 e. The molecule has 0 saturated heterocycles. The van der Waals surface area contributed by atoms with Gasteiger partial charge >= 0.3 is 0 Å². The minimum Gasteiger partial charge on any atom is -0.353 e. The molecule has 0 radical (unpaired) electrons. The molecule has 0 aliphatic carbocycles. The molecule has 20 heavy (non-hydrogen) atoms. The predicted octanol–water partition coefficient (Wildman–Crippen LogP) is 3.39. The summed E-state index contributed by atoms with van der Waals surface area (Å²) in [6.07, 6.45) is 1.90. The molecule has 0 saturated carbocycles. The van der Waals surface area contributed by atoms with Crippen LogP contribution in [0.1, 0.15) is 31.0 Å². The van der Waals surface area contributed by atoms with Crippen molar-refractivity contribution in [2.45, 2.75) is 26.4 Å². The first-order chi connectivity index (χ1) is 9.74. The van der Waals surface area contributed by atoms with Gasteiger partial charge in [0.2, 0.25) is 0 Å². The summed E-state index contributed by atoms with van der Waals surface area (Å²) in [5, 5.41) is 3.27. The van der Waals surface area contributed by atoms with Gasteiger partial charge in [0.05, 0.1) is 0 Å². The van der Waals surface area contributed by atoms with Crippen molar-refractivity contribution in [3.63, 3.8) is 0 Å². The molecule has 0 fully saturated rings. The molecule has 1 aromatic carbocycles. The van der Waals surface area contributed by atoms with E-state index in [2.05, 4.69) is 65.4 Å². The Kier molecular flexibility index (Phi) is 5.13. The molecule has 1 atom stereocenters. The minimum absolute atomic E-state index is 0.340. The van der Waals surface area contributed by atoms with Gasteiger partial charge in [-0.3, -0.25) is 0 Å². The van der Waals surface area contributed by atoms with E-state index in [0.717, 1.165) is 18.9 Å². The number of pyridine rings is 1. The maximum atomic E-state index is 4.52. The zero-order chi connectivity index (χ0) is 14.4. The lowest BCUT2D eigenvalue weighted by Gasteiger charge is -2.23. The Bertz CT molecular complexity index is 525. The number of nitrogens with one attached hydrogen (secondary N) is 1. The lowest BCUT2D eigenvalue weighted by atomic mass is 10.1. The maximum absolute atomic E-state index is 4.52. The number of anilines is 1. The molecular formula is C17H23N3. The quantitative estimate of drug-likeness (QED) is 0.871. The highest BCUT2D eigenvalue weighted by Gasteiger charge is 2.09. The van der Waals surface area contributed by atoms with E-state index in [1.807, 2.05) is 19.3 Å². The van der Waals surface area contributed by atoms with E-state index < -0.39 is 0 Å². The topological polar surface area (TPSA) is 28.2 Å². The highest BCUT2D eigenvalue weighted by Crippen LogP contribution is 2.19. The highest BCUT2D eigenvalue weighted by molar-refractivity contribution is 5.42. The summed E-state index contributed by atoms with van der Waals surface area (Å²) in [7, 11) is 1.98. The molecule has 3 nitrogen and oxygen atoms in total. The fourth-order valence-electron chi connectivity index (χ4n) is 2.20. The molecule has 0 amide bonds. The normalized spacial score (nSPS) is 12.2. The van der Waals surface area contributed by atoms with Gasteiger partial charge in [0, 0.05) is 25.3 Å². The van der Waals surface area contributed by atoms with Crippen LogP contribution in [0, 0.1) is 0 Å². The van der Waals surface area contributed by atoms with Gasteiger partial charge in [0.25, 0.3) is 0 Å². The molecule has 1 aromatic heterocycles. The average Bonchev–Trinajstić information content (AvgIpc) is 2.53. The van der Waals surface area contributed by atoms with Crippen molar-refractivity contribution < 1.29 is 0 Å². The van der Waals surface area contributed by atoms with E-state index in [-0.39, 0.29) is 0 Å². The molecule has 3 heteroatoms. The van der Waals surface area contributed by atoms with Gasteiger partial charge in [0.1, 0.15) is 5.82 Å². The molecule has 106 valence electrons. The van der Waals surface area contributed by atoms with Crippen LogP contribution in [-0.2, 0) is 6.54 Å². The first kappa shape index (κ1) is 14.5. The zero-order valence-electron chi connectivity index (χ0n) is 12.5. The Morgan fingerprint density at radius 1 is 1.20 bits per heavy atom. The fourth-order valence-corrected chi connectivity index (χ4v) is 2.20. The van der Waals surface area contributed by atoms with Crippen LogP contribution in [-0.4, -0.2) is 18.6 Å². The van der Waals surface area contributed by atoms with Gasteiger partial charge in [-0.15, -0.1) is 0 Å². The van der Waals surface area contributed by atoms with E-state index >= 15 is 0 Å². The number of nitrogens with zero attached hydrogens (tertiary/aromatic N) is 2. The van der Waals surface area contributed by atoms with Crippen LogP contribution < -0.4 is 10.2 Å². The van der Waals surface area contributed by atoms with Crippen LogP contribution in [0.5, 0.6) is 0 Å². The summed E-state index contributed by atoms with van der Waals surface area (Å²) >= 11 is 0. The van der Waals surface area contributed by atoms with Crippen molar-refractivity contribution in [2.24, 2.45) is 0 Å². The second-order valence-electron chi connectivity index (χ2n) is 4.96. The second-order valence-corrected chi connectivity index (χ2v) is 4.96. The van der Waals surface area contributed by atoms with E-state index in [9.17, 15) is 0 Å². The Balaban J connectivity index is 2.19. The van der Waals surface area contributed by atoms with Crippen LogP contribution in [0.3, 0.4) is 0 Å². The standard InChI is InChI=1S/C17H23N3/c1-4-20(13-15-8-6-5-7-9-15)17-12-16(10-11-19-17)14(2)18-3/h5-12,14,18H,4,13H2,1-3H3. The Hall–Kier alpha value is -1.87. The van der Waals surface area contributed by atoms with Gasteiger partial charge in [-0.25, -0.2) is 4.98 Å². The Morgan fingerprint density at radius 3 is 2.60 bits per heavy atom. The van der Waals surface area contributed by atoms with E-state index in [1.165, 1.54) is 11.1 Å². The number of hydrogen-bond donors (Lipinski definition) is 1. The SMILES string of the molecule is CCN(Cc1ccccc1)c1cc(C(C)NC)ccn1. The van der Waals surface area contributed by atoms with Crippen LogP contribution in [0.25, 0.3) is 0 Å². The van der Waals surface area contributed by atoms with Crippen molar-refractivity contribution in [1.82, 2.24) is 10.3 Å². The summed E-state index contributed by atoms with van der Waals surface area (Å²) in [5.74, 6) is 1.04. The van der Waals surface area contributed by atoms with Gasteiger partial charge < -0.3 is 10.2 Å². The van der Waals surface area contributed by atoms with Gasteiger partial charge in [-0.2, -0.15) is 0 Å². The molecule has 0 aliphatic heterocycles. The summed E-state index contributed by atoms with van der Waals surface area (Å²) in [6.45, 7) is 6.16. The number of aromatic nitrogens is 1. The molecule has 0 spiro atoms. The largest absolute Gasteiger partial charge is 0.353 e. The Labute approximate surface area is 121 Å². The van der Waals surface area contributed by atoms with Gasteiger partial charge in [-0.05, 0) is 44.2 Å². The fraction of sp³-hybridized carbons (Fsp3) is 0.353. The van der Waals surface area contributed by atoms with E-state index in [0.29, 0.717) is 6.04 Å². The first-order valence-corrected chi connectivity index (χ1v) is 7.16. The lowest BCUT2D eigenvalue weighted by Crippen LogP contribution is -2.23. The van der Waals surface area contributed by atoms with Crippen LogP contribution >= 0.6 is 0 Å². The molecule has 2 rings (SSSR count). The van der Waals surface area contributed by atoms with Gasteiger partial charge in [0.15, 0.2) is 0 Å². The summed E-state index contributed by atoms with van der Waals surface area (Å²) in [6, 6.07) is 15.1. The third kappa shape index (κ3) is 3.58. The minimum atomic E-state index is 0.340. The Morgan fingerprint density at radius 2 is 1.95 bits per heavy atom. The van der Waals surface area contributed by atoms with E-state index in [1.54, 1.807) is 0 Å². The lowest BCUT2D eigenvalue weighted by molar-refractivity contribution is 0.650. The van der Waals surface area contributed by atoms with E-state index in [4.69, 9.17) is 0 Å². The summed E-state index contributed by atoms with van der Waals surface area (Å²) < 4.78 is 0. The predicted molar refractivity (Wildman–Crippen MR) is 84.9 cm³/mol. The summed E-state index contributed by atoms with van der Waals surface area (Å²) in [5.41, 5.74) is 2.58. The molecular weight excluding hydrogens is 246 g/mol. The molecule has 1 heterocycles. The highest BCUT2D eigenvalue weighted by atomic mass is 15.2. The zero-order valence-corrected chi connectivity index (χ0v) is 12.5. The van der Waals surface area contributed by atoms with Crippen LogP contribution in [0.4, 0.5) is 5.82 Å². The average molecular weight is 269 g/mol. The summed E-state index contributed by atoms with van der Waals surface area (Å²) in [4.78, 5) is 6.81. The van der Waals surface area contributed by atoms with Crippen molar-refractivity contribution in [1.29, 1.82) is 0 Å². The number of hydrogen-bond acceptors (Lipinski definition) is 3. The molecule has 2 aromatic rings. The van der Waals surface area contributed by atoms with Crippen molar-refractivity contribution >= 4 is 5.82 Å². The van der Waals surface area contributed by atoms with Gasteiger partial charge in [-0.1, -0.05) is 30.3 Å². The molecule has 0 aliphatic rings. The number of rotatable bonds is 6. The molecule has 0 bridgehead atoms. The monoisotopic (exact) mass is 269 g/mol. The second kappa shape index (κ2) is 7.06. The molecule has 1 N–H and O–H groups in total. The van der Waals surface area contributed by atoms with Crippen LogP contribution in [0.15, 0.2) is 48.7 Å². The number of benzene rings is 1. The maximum Gasteiger partial charge on any atom is 0.129 e. The first-order valence-electron chi connectivity index (χ1n) is 7.16. The van der Waals surface area contributed by atoms with Crippen LogP contribution in [0.2, 0.25) is 0 Å². The van der Waals surface area contributed by atoms with Crippen molar-refractivity contribution in [3.8, 4) is 0 Å². The van der Waals surface area contributed by atoms with Crippen molar-refractivity contribution in [2.75, 3.05) is 18.5 Å². The van der Waals surface area contributed by atoms with Crippen molar-refractivity contribution in [3.05, 3.63) is 59.8 Å². The third-order valence-corrected chi connectivity index (χ3v) is 3.62.